The van der Waals surface area contributed by atoms with Gasteiger partial charge >= 0.3 is 0 Å². The molecule has 2 heterocycles. The number of halogens is 1. The maximum absolute atomic E-state index is 12.3. The van der Waals surface area contributed by atoms with Gasteiger partial charge in [0.1, 0.15) is 10.1 Å². The summed E-state index contributed by atoms with van der Waals surface area (Å²) in [5.74, 6) is 0.398. The number of H-pyrrole nitrogens is 1. The van der Waals surface area contributed by atoms with E-state index in [1.807, 2.05) is 0 Å². The second kappa shape index (κ2) is 6.38. The van der Waals surface area contributed by atoms with Crippen molar-refractivity contribution in [3.63, 3.8) is 0 Å². The zero-order valence-electron chi connectivity index (χ0n) is 14.1. The van der Waals surface area contributed by atoms with Crippen LogP contribution >= 0.6 is 15.9 Å². The molecule has 0 bridgehead atoms. The molecule has 3 rings (SSSR count). The molecule has 0 aromatic carbocycles. The van der Waals surface area contributed by atoms with E-state index >= 15 is 0 Å². The van der Waals surface area contributed by atoms with Crippen molar-refractivity contribution < 1.29 is 8.42 Å². The lowest BCUT2D eigenvalue weighted by Gasteiger charge is -2.31. The highest BCUT2D eigenvalue weighted by molar-refractivity contribution is 9.10. The number of fused-ring (bicyclic) bond motifs is 1. The maximum Gasteiger partial charge on any atom is 0.216 e. The Kier molecular flexibility index (Phi) is 4.74. The molecule has 8 heteroatoms. The lowest BCUT2D eigenvalue weighted by Crippen LogP contribution is -2.45. The van der Waals surface area contributed by atoms with Gasteiger partial charge in [-0.1, -0.05) is 0 Å². The van der Waals surface area contributed by atoms with E-state index in [-0.39, 0.29) is 6.04 Å². The van der Waals surface area contributed by atoms with E-state index in [0.717, 1.165) is 47.1 Å². The molecule has 24 heavy (non-hydrogen) atoms. The van der Waals surface area contributed by atoms with Crippen LogP contribution in [0.1, 0.15) is 58.1 Å². The Morgan fingerprint density at radius 3 is 2.54 bits per heavy atom. The first-order chi connectivity index (χ1) is 11.2. The van der Waals surface area contributed by atoms with Gasteiger partial charge in [0.05, 0.1) is 10.9 Å². The topological polar surface area (TPSA) is 87.7 Å². The summed E-state index contributed by atoms with van der Waals surface area (Å²) in [6.45, 7) is 5.18. The standard InChI is InChI=1S/C16H23BrN4O2S/c1-16(2,3)24(22,23)21-11-6-4-10(5-7-11)12-8-13-15(20-12)18-9-14(17)19-13/h8-11,21H,4-7H2,1-3H3,(H,18,20). The van der Waals surface area contributed by atoms with Crippen molar-refractivity contribution in [2.75, 3.05) is 0 Å². The van der Waals surface area contributed by atoms with Crippen LogP contribution in [0.5, 0.6) is 0 Å². The van der Waals surface area contributed by atoms with Gasteiger partial charge < -0.3 is 4.98 Å². The van der Waals surface area contributed by atoms with Crippen LogP contribution in [0.25, 0.3) is 11.2 Å². The summed E-state index contributed by atoms with van der Waals surface area (Å²) in [5.41, 5.74) is 2.79. The van der Waals surface area contributed by atoms with E-state index in [4.69, 9.17) is 0 Å². The van der Waals surface area contributed by atoms with E-state index in [1.165, 1.54) is 0 Å². The maximum atomic E-state index is 12.3. The SMILES string of the molecule is CC(C)(C)S(=O)(=O)NC1CCC(c2cc3nc(Br)cnc3[nH]2)CC1. The molecule has 0 spiro atoms. The molecule has 1 aliphatic rings. The molecule has 2 aromatic rings. The Labute approximate surface area is 151 Å². The highest BCUT2D eigenvalue weighted by Crippen LogP contribution is 2.34. The third kappa shape index (κ3) is 3.65. The van der Waals surface area contributed by atoms with Crippen LogP contribution in [-0.4, -0.2) is 34.2 Å². The van der Waals surface area contributed by atoms with Gasteiger partial charge in [0.25, 0.3) is 0 Å². The van der Waals surface area contributed by atoms with Gasteiger partial charge in [0.2, 0.25) is 10.0 Å². The fraction of sp³-hybridized carbons (Fsp3) is 0.625. The third-order valence-electron chi connectivity index (χ3n) is 4.62. The summed E-state index contributed by atoms with van der Waals surface area (Å²) < 4.78 is 27.4. The monoisotopic (exact) mass is 414 g/mol. The van der Waals surface area contributed by atoms with Crippen LogP contribution in [0.4, 0.5) is 0 Å². The Morgan fingerprint density at radius 1 is 1.25 bits per heavy atom. The third-order valence-corrected chi connectivity index (χ3v) is 7.26. The number of nitrogens with zero attached hydrogens (tertiary/aromatic N) is 2. The predicted octanol–water partition coefficient (Wildman–Crippen LogP) is 3.46. The molecule has 0 amide bonds. The molecule has 0 unspecified atom stereocenters. The van der Waals surface area contributed by atoms with Gasteiger partial charge in [0, 0.05) is 11.7 Å². The number of hydrogen-bond donors (Lipinski definition) is 2. The van der Waals surface area contributed by atoms with Crippen molar-refractivity contribution in [3.05, 3.63) is 22.6 Å². The predicted molar refractivity (Wildman–Crippen MR) is 98.4 cm³/mol. The highest BCUT2D eigenvalue weighted by Gasteiger charge is 2.33. The molecule has 1 saturated carbocycles. The van der Waals surface area contributed by atoms with Crippen molar-refractivity contribution in [2.45, 2.75) is 63.2 Å². The molecule has 0 saturated heterocycles. The van der Waals surface area contributed by atoms with Crippen LogP contribution in [0, 0.1) is 0 Å². The number of hydrogen-bond acceptors (Lipinski definition) is 4. The summed E-state index contributed by atoms with van der Waals surface area (Å²) >= 11 is 3.34. The number of nitrogens with one attached hydrogen (secondary N) is 2. The Hall–Kier alpha value is -0.990. The van der Waals surface area contributed by atoms with E-state index in [1.54, 1.807) is 27.0 Å². The fourth-order valence-electron chi connectivity index (χ4n) is 3.04. The molecule has 1 aliphatic carbocycles. The van der Waals surface area contributed by atoms with Crippen molar-refractivity contribution in [1.29, 1.82) is 0 Å². The molecule has 0 aliphatic heterocycles. The van der Waals surface area contributed by atoms with Crippen molar-refractivity contribution >= 4 is 37.1 Å². The number of aromatic amines is 1. The molecule has 0 atom stereocenters. The normalized spacial score (nSPS) is 22.8. The summed E-state index contributed by atoms with van der Waals surface area (Å²) in [7, 11) is -3.29. The van der Waals surface area contributed by atoms with Crippen LogP contribution in [0.3, 0.4) is 0 Å². The molecule has 6 nitrogen and oxygen atoms in total. The molecular weight excluding hydrogens is 392 g/mol. The number of sulfonamides is 1. The second-order valence-electron chi connectivity index (χ2n) is 7.43. The van der Waals surface area contributed by atoms with Crippen molar-refractivity contribution in [2.24, 2.45) is 0 Å². The summed E-state index contributed by atoms with van der Waals surface area (Å²) in [5, 5.41) is 0. The first-order valence-electron chi connectivity index (χ1n) is 8.19. The largest absolute Gasteiger partial charge is 0.342 e. The lowest BCUT2D eigenvalue weighted by atomic mass is 9.84. The summed E-state index contributed by atoms with van der Waals surface area (Å²) in [6, 6.07) is 2.08. The molecule has 2 N–H and O–H groups in total. The van der Waals surface area contributed by atoms with Crippen LogP contribution in [0.2, 0.25) is 0 Å². The highest BCUT2D eigenvalue weighted by atomic mass is 79.9. The smallest absolute Gasteiger partial charge is 0.216 e. The van der Waals surface area contributed by atoms with Gasteiger partial charge in [-0.15, -0.1) is 0 Å². The molecule has 132 valence electrons. The van der Waals surface area contributed by atoms with Gasteiger partial charge in [0.15, 0.2) is 5.65 Å². The minimum atomic E-state index is -3.29. The molecule has 0 radical (unpaired) electrons. The van der Waals surface area contributed by atoms with Gasteiger partial charge in [-0.25, -0.2) is 23.1 Å². The first-order valence-corrected chi connectivity index (χ1v) is 10.5. The lowest BCUT2D eigenvalue weighted by molar-refractivity contribution is 0.368. The Balaban J connectivity index is 1.66. The van der Waals surface area contributed by atoms with E-state index in [0.29, 0.717) is 5.92 Å². The average Bonchev–Trinajstić information content (AvgIpc) is 2.89. The second-order valence-corrected chi connectivity index (χ2v) is 10.7. The molecule has 2 aromatic heterocycles. The van der Waals surface area contributed by atoms with Crippen molar-refractivity contribution in [1.82, 2.24) is 19.7 Å². The van der Waals surface area contributed by atoms with Crippen LogP contribution in [-0.2, 0) is 10.0 Å². The van der Waals surface area contributed by atoms with Gasteiger partial charge in [-0.3, -0.25) is 0 Å². The fourth-order valence-corrected chi connectivity index (χ4v) is 4.36. The molecule has 1 fully saturated rings. The quantitative estimate of drug-likeness (QED) is 0.804. The summed E-state index contributed by atoms with van der Waals surface area (Å²) in [4.78, 5) is 12.1. The van der Waals surface area contributed by atoms with E-state index in [2.05, 4.69) is 41.7 Å². The van der Waals surface area contributed by atoms with E-state index < -0.39 is 14.8 Å². The first kappa shape index (κ1) is 17.8. The minimum absolute atomic E-state index is 0.0280. The Morgan fingerprint density at radius 2 is 1.92 bits per heavy atom. The zero-order valence-corrected chi connectivity index (χ0v) is 16.5. The zero-order chi connectivity index (χ0) is 17.5. The van der Waals surface area contributed by atoms with Crippen LogP contribution < -0.4 is 4.72 Å². The average molecular weight is 415 g/mol. The van der Waals surface area contributed by atoms with Gasteiger partial charge in [-0.05, 0) is 74.4 Å². The molecular formula is C16H23BrN4O2S. The number of rotatable bonds is 3. The van der Waals surface area contributed by atoms with E-state index in [9.17, 15) is 8.42 Å². The van der Waals surface area contributed by atoms with Crippen molar-refractivity contribution in [3.8, 4) is 0 Å². The van der Waals surface area contributed by atoms with Gasteiger partial charge in [-0.2, -0.15) is 0 Å². The van der Waals surface area contributed by atoms with Crippen LogP contribution in [0.15, 0.2) is 16.9 Å². The summed E-state index contributed by atoms with van der Waals surface area (Å²) in [6.07, 6.45) is 5.28. The Bertz CT molecular complexity index is 833. The number of aromatic nitrogens is 3. The minimum Gasteiger partial charge on any atom is -0.342 e.